The molecule has 1 aliphatic rings. The number of nitro benzene ring substituents is 1. The van der Waals surface area contributed by atoms with Crippen LogP contribution >= 0.6 is 24.0 Å². The highest BCUT2D eigenvalue weighted by atomic mass is 127. The van der Waals surface area contributed by atoms with Crippen molar-refractivity contribution in [1.29, 1.82) is 0 Å². The molecule has 8 nitrogen and oxygen atoms in total. The predicted octanol–water partition coefficient (Wildman–Crippen LogP) is 3.02. The van der Waals surface area contributed by atoms with Gasteiger partial charge in [0, 0.05) is 38.3 Å². The molecule has 0 aromatic heterocycles. The second-order valence-corrected chi connectivity index (χ2v) is 7.43. The summed E-state index contributed by atoms with van der Waals surface area (Å²) in [4.78, 5) is 17.4. The Morgan fingerprint density at radius 1 is 1.21 bits per heavy atom. The van der Waals surface area contributed by atoms with Gasteiger partial charge in [-0.15, -0.1) is 24.0 Å². The first-order chi connectivity index (χ1) is 13.5. The molecule has 1 aromatic carbocycles. The number of ether oxygens (including phenoxy) is 1. The minimum absolute atomic E-state index is 0. The molecule has 0 radical (unpaired) electrons. The van der Waals surface area contributed by atoms with Gasteiger partial charge in [-0.25, -0.2) is 4.99 Å². The van der Waals surface area contributed by atoms with Gasteiger partial charge >= 0.3 is 0 Å². The Morgan fingerprint density at radius 3 is 2.48 bits per heavy atom. The lowest BCUT2D eigenvalue weighted by Gasteiger charge is -2.26. The van der Waals surface area contributed by atoms with Crippen molar-refractivity contribution in [2.45, 2.75) is 33.2 Å². The van der Waals surface area contributed by atoms with Crippen molar-refractivity contribution in [1.82, 2.24) is 15.5 Å². The summed E-state index contributed by atoms with van der Waals surface area (Å²) in [5.41, 5.74) is 1.05. The number of guanidine groups is 1. The average Bonchev–Trinajstić information content (AvgIpc) is 2.69. The molecular formula is C20H34IN5O3. The van der Waals surface area contributed by atoms with Crippen LogP contribution in [0.25, 0.3) is 0 Å². The average molecular weight is 519 g/mol. The van der Waals surface area contributed by atoms with Gasteiger partial charge in [0.05, 0.1) is 24.7 Å². The van der Waals surface area contributed by atoms with Gasteiger partial charge in [0.2, 0.25) is 0 Å². The number of non-ortho nitro benzene ring substituents is 1. The number of halogens is 1. The molecular weight excluding hydrogens is 485 g/mol. The number of nitrogens with one attached hydrogen (secondary N) is 2. The fraction of sp³-hybridized carbons (Fsp3) is 0.650. The van der Waals surface area contributed by atoms with E-state index in [-0.39, 0.29) is 34.6 Å². The van der Waals surface area contributed by atoms with Gasteiger partial charge < -0.3 is 15.4 Å². The van der Waals surface area contributed by atoms with Gasteiger partial charge in [0.25, 0.3) is 5.69 Å². The van der Waals surface area contributed by atoms with E-state index in [0.717, 1.165) is 70.3 Å². The zero-order valence-electron chi connectivity index (χ0n) is 17.4. The number of benzene rings is 1. The molecule has 0 bridgehead atoms. The second-order valence-electron chi connectivity index (χ2n) is 7.43. The van der Waals surface area contributed by atoms with Crippen LogP contribution < -0.4 is 10.6 Å². The highest BCUT2D eigenvalue weighted by molar-refractivity contribution is 14.0. The lowest BCUT2D eigenvalue weighted by Crippen LogP contribution is -2.41. The first-order valence-corrected chi connectivity index (χ1v) is 10.1. The van der Waals surface area contributed by atoms with E-state index in [4.69, 9.17) is 4.74 Å². The first-order valence-electron chi connectivity index (χ1n) is 10.1. The van der Waals surface area contributed by atoms with Crippen molar-refractivity contribution in [3.63, 3.8) is 0 Å². The van der Waals surface area contributed by atoms with Crippen LogP contribution in [0.2, 0.25) is 0 Å². The Labute approximate surface area is 190 Å². The monoisotopic (exact) mass is 519 g/mol. The van der Waals surface area contributed by atoms with E-state index < -0.39 is 0 Å². The highest BCUT2D eigenvalue weighted by Crippen LogP contribution is 2.12. The third kappa shape index (κ3) is 10.8. The Bertz CT molecular complexity index is 619. The van der Waals surface area contributed by atoms with Crippen molar-refractivity contribution in [2.75, 3.05) is 45.9 Å². The predicted molar refractivity (Wildman–Crippen MR) is 127 cm³/mol. The zero-order chi connectivity index (χ0) is 20.2. The van der Waals surface area contributed by atoms with Gasteiger partial charge in [-0.3, -0.25) is 15.0 Å². The van der Waals surface area contributed by atoms with Crippen LogP contribution in [0.3, 0.4) is 0 Å². The lowest BCUT2D eigenvalue weighted by atomic mass is 10.1. The molecule has 0 amide bonds. The Hall–Kier alpha value is -1.46. The molecule has 1 aromatic rings. The lowest BCUT2D eigenvalue weighted by molar-refractivity contribution is -0.384. The van der Waals surface area contributed by atoms with Gasteiger partial charge in [0.15, 0.2) is 5.96 Å². The van der Waals surface area contributed by atoms with Gasteiger partial charge in [0.1, 0.15) is 0 Å². The van der Waals surface area contributed by atoms with Crippen molar-refractivity contribution < 1.29 is 9.66 Å². The summed E-state index contributed by atoms with van der Waals surface area (Å²) in [6.07, 6.45) is 2.12. The van der Waals surface area contributed by atoms with Gasteiger partial charge in [-0.2, -0.15) is 0 Å². The number of hydrogen-bond acceptors (Lipinski definition) is 5. The SMILES string of the molecule is CC(C)CCNC(=NCc1ccc([N+](=O)[O-])cc1)NCCCN1CCOCC1.I. The van der Waals surface area contributed by atoms with E-state index >= 15 is 0 Å². The summed E-state index contributed by atoms with van der Waals surface area (Å²) in [5, 5.41) is 17.6. The smallest absolute Gasteiger partial charge is 0.269 e. The number of hydrogen-bond donors (Lipinski definition) is 2. The molecule has 0 atom stereocenters. The molecule has 1 heterocycles. The molecule has 2 N–H and O–H groups in total. The number of rotatable bonds is 10. The molecule has 0 saturated carbocycles. The topological polar surface area (TPSA) is 92.0 Å². The molecule has 1 aliphatic heterocycles. The number of morpholine rings is 1. The molecule has 2 rings (SSSR count). The summed E-state index contributed by atoms with van der Waals surface area (Å²) in [6.45, 7) is 11.3. The summed E-state index contributed by atoms with van der Waals surface area (Å²) in [6, 6.07) is 6.55. The van der Waals surface area contributed by atoms with Crippen molar-refractivity contribution >= 4 is 35.6 Å². The minimum atomic E-state index is -0.387. The Kier molecular flexibility index (Phi) is 12.8. The van der Waals surface area contributed by atoms with E-state index in [9.17, 15) is 10.1 Å². The molecule has 0 spiro atoms. The van der Waals surface area contributed by atoms with Crippen LogP contribution in [0.1, 0.15) is 32.3 Å². The second kappa shape index (κ2) is 14.5. The minimum Gasteiger partial charge on any atom is -0.379 e. The van der Waals surface area contributed by atoms with Crippen molar-refractivity contribution in [3.05, 3.63) is 39.9 Å². The fourth-order valence-electron chi connectivity index (χ4n) is 2.88. The fourth-order valence-corrected chi connectivity index (χ4v) is 2.88. The van der Waals surface area contributed by atoms with Crippen LogP contribution in [0.15, 0.2) is 29.3 Å². The molecule has 164 valence electrons. The Balaban J connectivity index is 0.00000420. The largest absolute Gasteiger partial charge is 0.379 e. The van der Waals surface area contributed by atoms with E-state index in [1.54, 1.807) is 12.1 Å². The normalized spacial score (nSPS) is 15.1. The molecule has 0 aliphatic carbocycles. The van der Waals surface area contributed by atoms with E-state index in [0.29, 0.717) is 12.5 Å². The molecule has 1 fully saturated rings. The molecule has 0 unspecified atom stereocenters. The third-order valence-corrected chi connectivity index (χ3v) is 4.63. The van der Waals surface area contributed by atoms with E-state index in [1.807, 2.05) is 0 Å². The summed E-state index contributed by atoms with van der Waals surface area (Å²) in [7, 11) is 0. The Morgan fingerprint density at radius 2 is 1.86 bits per heavy atom. The maximum atomic E-state index is 10.8. The third-order valence-electron chi connectivity index (χ3n) is 4.63. The maximum Gasteiger partial charge on any atom is 0.269 e. The molecule has 9 heteroatoms. The zero-order valence-corrected chi connectivity index (χ0v) is 19.8. The first kappa shape index (κ1) is 25.6. The number of nitrogens with zero attached hydrogens (tertiary/aromatic N) is 3. The van der Waals surface area contributed by atoms with Crippen LogP contribution in [0.4, 0.5) is 5.69 Å². The molecule has 1 saturated heterocycles. The van der Waals surface area contributed by atoms with E-state index in [2.05, 4.69) is 34.4 Å². The highest BCUT2D eigenvalue weighted by Gasteiger charge is 2.09. The van der Waals surface area contributed by atoms with Crippen LogP contribution in [-0.4, -0.2) is 61.7 Å². The summed E-state index contributed by atoms with van der Waals surface area (Å²) in [5.74, 6) is 1.42. The number of aliphatic imine (C=N–C) groups is 1. The van der Waals surface area contributed by atoms with Gasteiger partial charge in [-0.1, -0.05) is 26.0 Å². The quantitative estimate of drug-likeness (QED) is 0.123. The van der Waals surface area contributed by atoms with Crippen molar-refractivity contribution in [2.24, 2.45) is 10.9 Å². The number of nitro groups is 1. The standard InChI is InChI=1S/C20H33N5O3.HI/c1-17(2)8-10-22-20(21-9-3-11-24-12-14-28-15-13-24)23-16-18-4-6-19(7-5-18)25(26)27;/h4-7,17H,3,8-16H2,1-2H3,(H2,21,22,23);1H. The van der Waals surface area contributed by atoms with Gasteiger partial charge in [-0.05, 0) is 30.9 Å². The molecule has 29 heavy (non-hydrogen) atoms. The maximum absolute atomic E-state index is 10.8. The van der Waals surface area contributed by atoms with Crippen molar-refractivity contribution in [3.8, 4) is 0 Å². The van der Waals surface area contributed by atoms with E-state index in [1.165, 1.54) is 12.1 Å². The van der Waals surface area contributed by atoms with Crippen LogP contribution in [-0.2, 0) is 11.3 Å². The van der Waals surface area contributed by atoms with Crippen LogP contribution in [0, 0.1) is 16.0 Å². The summed E-state index contributed by atoms with van der Waals surface area (Å²) >= 11 is 0. The summed E-state index contributed by atoms with van der Waals surface area (Å²) < 4.78 is 5.38. The van der Waals surface area contributed by atoms with Crippen LogP contribution in [0.5, 0.6) is 0 Å².